The first-order chi connectivity index (χ1) is 11.8. The van der Waals surface area contributed by atoms with E-state index in [2.05, 4.69) is 16.9 Å². The van der Waals surface area contributed by atoms with Crippen LogP contribution in [0.3, 0.4) is 0 Å². The molecule has 1 aromatic heterocycles. The van der Waals surface area contributed by atoms with Crippen molar-refractivity contribution in [3.63, 3.8) is 0 Å². The third kappa shape index (κ3) is 5.15. The number of carbonyl (C=O) groups excluding carboxylic acids is 2. The number of pyridine rings is 1. The molecule has 2 atom stereocenters. The van der Waals surface area contributed by atoms with Crippen LogP contribution in [-0.2, 0) is 9.59 Å². The van der Waals surface area contributed by atoms with Crippen LogP contribution in [0.2, 0.25) is 0 Å². The van der Waals surface area contributed by atoms with Crippen molar-refractivity contribution in [2.45, 2.75) is 46.1 Å². The van der Waals surface area contributed by atoms with Crippen LogP contribution in [-0.4, -0.2) is 34.8 Å². The van der Waals surface area contributed by atoms with E-state index in [0.29, 0.717) is 13.0 Å². The summed E-state index contributed by atoms with van der Waals surface area (Å²) in [7, 11) is 0. The summed E-state index contributed by atoms with van der Waals surface area (Å²) in [5.41, 5.74) is 0.600. The summed E-state index contributed by atoms with van der Waals surface area (Å²) in [5.74, 6) is -0.0361. The zero-order valence-corrected chi connectivity index (χ0v) is 15.5. The summed E-state index contributed by atoms with van der Waals surface area (Å²) >= 11 is 0. The zero-order chi connectivity index (χ0) is 18.4. The molecule has 136 valence electrons. The molecule has 0 saturated carbocycles. The molecule has 0 aromatic carbocycles. The third-order valence-electron chi connectivity index (χ3n) is 4.55. The average Bonchev–Trinajstić information content (AvgIpc) is 2.60. The second-order valence-electron chi connectivity index (χ2n) is 7.71. The Morgan fingerprint density at radius 1 is 1.40 bits per heavy atom. The summed E-state index contributed by atoms with van der Waals surface area (Å²) in [6.45, 7) is 10.8. The number of nitrogens with one attached hydrogen (secondary N) is 1. The standard InChI is InChI=1S/C20H29N3O2/c1-5-7-17(15-9-11-21-12-10-15)22-18(24)16-8-6-13-23(14-16)19(25)20(2,3)4/h5,9-12,16-17H,1,6-8,13-14H2,2-4H3,(H,22,24)/t16-,17+/m0/s1. The van der Waals surface area contributed by atoms with Gasteiger partial charge in [-0.3, -0.25) is 14.6 Å². The van der Waals surface area contributed by atoms with Gasteiger partial charge in [-0.2, -0.15) is 0 Å². The van der Waals surface area contributed by atoms with Gasteiger partial charge in [0.25, 0.3) is 0 Å². The molecule has 0 aliphatic carbocycles. The van der Waals surface area contributed by atoms with Gasteiger partial charge in [-0.1, -0.05) is 26.8 Å². The van der Waals surface area contributed by atoms with Gasteiger partial charge < -0.3 is 10.2 Å². The van der Waals surface area contributed by atoms with Gasteiger partial charge in [0.15, 0.2) is 0 Å². The molecule has 1 saturated heterocycles. The molecule has 0 unspecified atom stereocenters. The Bertz CT molecular complexity index is 607. The highest BCUT2D eigenvalue weighted by molar-refractivity contribution is 5.84. The topological polar surface area (TPSA) is 62.3 Å². The van der Waals surface area contributed by atoms with Crippen molar-refractivity contribution in [3.8, 4) is 0 Å². The van der Waals surface area contributed by atoms with E-state index in [0.717, 1.165) is 24.9 Å². The predicted molar refractivity (Wildman–Crippen MR) is 98.7 cm³/mol. The van der Waals surface area contributed by atoms with Crippen LogP contribution in [0.4, 0.5) is 0 Å². The first kappa shape index (κ1) is 19.2. The summed E-state index contributed by atoms with van der Waals surface area (Å²) < 4.78 is 0. The molecule has 1 N–H and O–H groups in total. The van der Waals surface area contributed by atoms with Crippen LogP contribution in [0.15, 0.2) is 37.2 Å². The molecule has 0 spiro atoms. The number of hydrogen-bond donors (Lipinski definition) is 1. The molecule has 1 fully saturated rings. The Balaban J connectivity index is 2.03. The van der Waals surface area contributed by atoms with E-state index < -0.39 is 5.41 Å². The predicted octanol–water partition coefficient (Wildman–Crippen LogP) is 3.10. The lowest BCUT2D eigenvalue weighted by molar-refractivity contribution is -0.142. The molecule has 25 heavy (non-hydrogen) atoms. The summed E-state index contributed by atoms with van der Waals surface area (Å²) in [6, 6.07) is 3.71. The molecular formula is C20H29N3O2. The molecule has 2 heterocycles. The Hall–Kier alpha value is -2.17. The fourth-order valence-electron chi connectivity index (χ4n) is 3.18. The summed E-state index contributed by atoms with van der Waals surface area (Å²) in [5, 5.41) is 3.13. The highest BCUT2D eigenvalue weighted by Crippen LogP contribution is 2.25. The van der Waals surface area contributed by atoms with E-state index in [1.807, 2.05) is 43.9 Å². The molecule has 2 rings (SSSR count). The van der Waals surface area contributed by atoms with E-state index in [4.69, 9.17) is 0 Å². The second kappa shape index (κ2) is 8.28. The van der Waals surface area contributed by atoms with Gasteiger partial charge in [-0.25, -0.2) is 0 Å². The molecule has 2 amide bonds. The van der Waals surface area contributed by atoms with Gasteiger partial charge in [-0.15, -0.1) is 6.58 Å². The Morgan fingerprint density at radius 3 is 2.68 bits per heavy atom. The largest absolute Gasteiger partial charge is 0.349 e. The smallest absolute Gasteiger partial charge is 0.227 e. The molecule has 1 aromatic rings. The van der Waals surface area contributed by atoms with Gasteiger partial charge in [0, 0.05) is 30.9 Å². The van der Waals surface area contributed by atoms with Gasteiger partial charge in [0.2, 0.25) is 11.8 Å². The van der Waals surface area contributed by atoms with E-state index in [1.165, 1.54) is 0 Å². The number of nitrogens with zero attached hydrogens (tertiary/aromatic N) is 2. The van der Waals surface area contributed by atoms with Crippen molar-refractivity contribution in [2.75, 3.05) is 13.1 Å². The number of hydrogen-bond acceptors (Lipinski definition) is 3. The zero-order valence-electron chi connectivity index (χ0n) is 15.5. The maximum atomic E-state index is 12.8. The van der Waals surface area contributed by atoms with Crippen LogP contribution < -0.4 is 5.32 Å². The number of carbonyl (C=O) groups is 2. The van der Waals surface area contributed by atoms with Crippen LogP contribution in [0.25, 0.3) is 0 Å². The molecule has 1 aliphatic heterocycles. The number of rotatable bonds is 5. The van der Waals surface area contributed by atoms with Crippen molar-refractivity contribution >= 4 is 11.8 Å². The average molecular weight is 343 g/mol. The highest BCUT2D eigenvalue weighted by Gasteiger charge is 2.33. The van der Waals surface area contributed by atoms with Crippen molar-refractivity contribution in [2.24, 2.45) is 11.3 Å². The van der Waals surface area contributed by atoms with Crippen molar-refractivity contribution in [1.82, 2.24) is 15.2 Å². The lowest BCUT2D eigenvalue weighted by Gasteiger charge is -2.36. The monoisotopic (exact) mass is 343 g/mol. The van der Waals surface area contributed by atoms with Gasteiger partial charge in [0.05, 0.1) is 12.0 Å². The first-order valence-electron chi connectivity index (χ1n) is 8.93. The Labute approximate surface area is 150 Å². The number of aromatic nitrogens is 1. The van der Waals surface area contributed by atoms with Gasteiger partial charge >= 0.3 is 0 Å². The SMILES string of the molecule is C=CC[C@@H](NC(=O)[C@H]1CCCN(C(=O)C(C)(C)C)C1)c1ccncc1. The van der Waals surface area contributed by atoms with Crippen molar-refractivity contribution in [3.05, 3.63) is 42.7 Å². The lowest BCUT2D eigenvalue weighted by Crippen LogP contribution is -2.49. The first-order valence-corrected chi connectivity index (χ1v) is 8.93. The van der Waals surface area contributed by atoms with Gasteiger partial charge in [0.1, 0.15) is 0 Å². The maximum Gasteiger partial charge on any atom is 0.227 e. The molecule has 1 aliphatic rings. The molecule has 0 bridgehead atoms. The lowest BCUT2D eigenvalue weighted by atomic mass is 9.90. The van der Waals surface area contributed by atoms with Gasteiger partial charge in [-0.05, 0) is 37.0 Å². The van der Waals surface area contributed by atoms with E-state index in [9.17, 15) is 9.59 Å². The number of piperidine rings is 1. The number of amides is 2. The summed E-state index contributed by atoms with van der Waals surface area (Å²) in [4.78, 5) is 31.1. The quantitative estimate of drug-likeness (QED) is 0.836. The summed E-state index contributed by atoms with van der Waals surface area (Å²) in [6.07, 6.45) is 7.59. The van der Waals surface area contributed by atoms with Crippen molar-refractivity contribution in [1.29, 1.82) is 0 Å². The minimum atomic E-state index is -0.416. The maximum absolute atomic E-state index is 12.8. The molecule has 5 nitrogen and oxygen atoms in total. The Kier molecular flexibility index (Phi) is 6.34. The minimum Gasteiger partial charge on any atom is -0.349 e. The van der Waals surface area contributed by atoms with E-state index in [1.54, 1.807) is 12.4 Å². The molecular weight excluding hydrogens is 314 g/mol. The van der Waals surface area contributed by atoms with E-state index >= 15 is 0 Å². The Morgan fingerprint density at radius 2 is 2.08 bits per heavy atom. The van der Waals surface area contributed by atoms with Crippen LogP contribution in [0.1, 0.15) is 51.6 Å². The van der Waals surface area contributed by atoms with E-state index in [-0.39, 0.29) is 23.8 Å². The fourth-order valence-corrected chi connectivity index (χ4v) is 3.18. The van der Waals surface area contributed by atoms with Crippen LogP contribution in [0.5, 0.6) is 0 Å². The second-order valence-corrected chi connectivity index (χ2v) is 7.71. The minimum absolute atomic E-state index is 0.00933. The molecule has 5 heteroatoms. The third-order valence-corrected chi connectivity index (χ3v) is 4.55. The molecule has 0 radical (unpaired) electrons. The van der Waals surface area contributed by atoms with Crippen molar-refractivity contribution < 1.29 is 9.59 Å². The normalized spacial score (nSPS) is 19.2. The highest BCUT2D eigenvalue weighted by atomic mass is 16.2. The number of likely N-dealkylation sites (tertiary alicyclic amines) is 1. The van der Waals surface area contributed by atoms with Crippen LogP contribution in [0, 0.1) is 11.3 Å². The fraction of sp³-hybridized carbons (Fsp3) is 0.550. The van der Waals surface area contributed by atoms with Crippen LogP contribution >= 0.6 is 0 Å².